The number of aromatic amines is 1. The van der Waals surface area contributed by atoms with Crippen molar-refractivity contribution in [3.8, 4) is 5.75 Å². The third-order valence-corrected chi connectivity index (χ3v) is 7.37. The molecule has 1 amide bonds. The number of thioether (sulfide) groups is 1. The molecular weight excluding hydrogens is 426 g/mol. The lowest BCUT2D eigenvalue weighted by molar-refractivity contribution is -0.113. The number of amides is 1. The first kappa shape index (κ1) is 23.0. The van der Waals surface area contributed by atoms with Crippen molar-refractivity contribution in [2.75, 3.05) is 24.3 Å². The van der Waals surface area contributed by atoms with E-state index >= 15 is 0 Å². The molecule has 8 heteroatoms. The molecule has 2 aliphatic rings. The van der Waals surface area contributed by atoms with Crippen LogP contribution in [-0.4, -0.2) is 40.3 Å². The third kappa shape index (κ3) is 5.07. The summed E-state index contributed by atoms with van der Waals surface area (Å²) in [7, 11) is 0. The van der Waals surface area contributed by atoms with Crippen molar-refractivity contribution >= 4 is 23.5 Å². The molecule has 2 aromatic rings. The summed E-state index contributed by atoms with van der Waals surface area (Å²) in [4.78, 5) is 25.6. The fourth-order valence-corrected chi connectivity index (χ4v) is 5.61. The van der Waals surface area contributed by atoms with Crippen LogP contribution >= 0.6 is 11.8 Å². The van der Waals surface area contributed by atoms with Crippen LogP contribution in [0.1, 0.15) is 75.3 Å². The summed E-state index contributed by atoms with van der Waals surface area (Å²) in [5, 5.41) is 5.78. The van der Waals surface area contributed by atoms with Gasteiger partial charge in [-0.1, -0.05) is 31.9 Å². The molecule has 0 bridgehead atoms. The van der Waals surface area contributed by atoms with Crippen LogP contribution in [0.5, 0.6) is 5.75 Å². The third-order valence-electron chi connectivity index (χ3n) is 6.10. The van der Waals surface area contributed by atoms with E-state index in [-0.39, 0.29) is 28.4 Å². The van der Waals surface area contributed by atoms with Gasteiger partial charge in [-0.2, -0.15) is 0 Å². The number of benzene rings is 1. The number of H-pyrrole nitrogens is 1. The van der Waals surface area contributed by atoms with Gasteiger partial charge in [0.15, 0.2) is 0 Å². The van der Waals surface area contributed by atoms with Gasteiger partial charge in [0.1, 0.15) is 11.6 Å². The van der Waals surface area contributed by atoms with Gasteiger partial charge in [0.25, 0.3) is 5.56 Å². The molecule has 4 rings (SSSR count). The topological polar surface area (TPSA) is 85.4 Å². The number of unbranched alkanes of at least 4 members (excludes halogenated alkanes) is 2. The van der Waals surface area contributed by atoms with Gasteiger partial charge in [0.2, 0.25) is 5.91 Å². The van der Waals surface area contributed by atoms with Crippen molar-refractivity contribution < 1.29 is 14.3 Å². The number of fused-ring (bicyclic) bond motifs is 1. The Morgan fingerprint density at radius 2 is 2.00 bits per heavy atom. The molecule has 2 aliphatic heterocycles. The number of anilines is 1. The maximum atomic E-state index is 13.1. The zero-order valence-electron chi connectivity index (χ0n) is 19.1. The van der Waals surface area contributed by atoms with E-state index in [4.69, 9.17) is 9.47 Å². The van der Waals surface area contributed by atoms with Crippen LogP contribution in [0.3, 0.4) is 0 Å². The Morgan fingerprint density at radius 1 is 1.22 bits per heavy atom. The molecule has 0 unspecified atom stereocenters. The molecule has 1 fully saturated rings. The second-order valence-corrected chi connectivity index (χ2v) is 10.3. The van der Waals surface area contributed by atoms with E-state index in [1.165, 1.54) is 11.8 Å². The smallest absolute Gasteiger partial charge is 0.270 e. The number of hydrogen-bond donors (Lipinski definition) is 2. The first-order valence-corrected chi connectivity index (χ1v) is 12.6. The standard InChI is InChI=1S/C24H33N3O4S/c1-4-5-6-12-30-18-9-7-16(8-10-18)21-20-22(25-19(28)15-32-21)27(26-23(20)29)17-11-13-31-24(2,3)14-17/h7-10,17,21H,4-6,11-15H2,1-3H3,(H,25,28)(H,26,29)/t17-,21+/m0/s1. The molecule has 0 aliphatic carbocycles. The molecular formula is C24H33N3O4S. The number of ether oxygens (including phenoxy) is 2. The van der Waals surface area contributed by atoms with Crippen LogP contribution in [0.15, 0.2) is 29.1 Å². The van der Waals surface area contributed by atoms with E-state index in [2.05, 4.69) is 31.2 Å². The van der Waals surface area contributed by atoms with Gasteiger partial charge in [-0.3, -0.25) is 19.4 Å². The molecule has 7 nitrogen and oxygen atoms in total. The fraction of sp³-hybridized carbons (Fsp3) is 0.583. The van der Waals surface area contributed by atoms with Crippen LogP contribution in [0.25, 0.3) is 0 Å². The summed E-state index contributed by atoms with van der Waals surface area (Å²) in [6.07, 6.45) is 4.92. The number of rotatable bonds is 7. The average Bonchev–Trinajstić information content (AvgIpc) is 2.96. The largest absolute Gasteiger partial charge is 0.494 e. The van der Waals surface area contributed by atoms with Crippen molar-refractivity contribution in [1.82, 2.24) is 9.78 Å². The molecule has 2 N–H and O–H groups in total. The van der Waals surface area contributed by atoms with Crippen LogP contribution in [0.4, 0.5) is 5.82 Å². The van der Waals surface area contributed by atoms with Crippen molar-refractivity contribution in [2.24, 2.45) is 0 Å². The van der Waals surface area contributed by atoms with Gasteiger partial charge in [-0.25, -0.2) is 0 Å². The van der Waals surface area contributed by atoms with E-state index in [1.807, 2.05) is 28.9 Å². The molecule has 1 aromatic carbocycles. The van der Waals surface area contributed by atoms with Crippen molar-refractivity contribution in [1.29, 1.82) is 0 Å². The number of carbonyl (C=O) groups is 1. The Balaban J connectivity index is 1.62. The van der Waals surface area contributed by atoms with Gasteiger partial charge in [-0.15, -0.1) is 11.8 Å². The Morgan fingerprint density at radius 3 is 2.72 bits per heavy atom. The lowest BCUT2D eigenvalue weighted by atomic mass is 9.94. The van der Waals surface area contributed by atoms with Gasteiger partial charge in [0.05, 0.1) is 34.8 Å². The predicted octanol–water partition coefficient (Wildman–Crippen LogP) is 4.65. The van der Waals surface area contributed by atoms with Gasteiger partial charge in [-0.05, 0) is 50.8 Å². The predicted molar refractivity (Wildman–Crippen MR) is 128 cm³/mol. The number of hydrogen-bond acceptors (Lipinski definition) is 5. The highest BCUT2D eigenvalue weighted by Crippen LogP contribution is 2.42. The monoisotopic (exact) mass is 459 g/mol. The van der Waals surface area contributed by atoms with Crippen LogP contribution in [0.2, 0.25) is 0 Å². The fourth-order valence-electron chi connectivity index (χ4n) is 4.48. The van der Waals surface area contributed by atoms with E-state index in [9.17, 15) is 9.59 Å². The summed E-state index contributed by atoms with van der Waals surface area (Å²) in [6.45, 7) is 7.62. The zero-order valence-corrected chi connectivity index (χ0v) is 19.9. The Labute approximate surface area is 193 Å². The number of carbonyl (C=O) groups excluding carboxylic acids is 1. The molecule has 0 saturated carbocycles. The molecule has 174 valence electrons. The normalized spacial score (nSPS) is 22.7. The molecule has 0 spiro atoms. The van der Waals surface area contributed by atoms with Crippen LogP contribution < -0.4 is 15.6 Å². The lowest BCUT2D eigenvalue weighted by Crippen LogP contribution is -2.36. The molecule has 2 atom stereocenters. The molecule has 1 saturated heterocycles. The number of nitrogens with zero attached hydrogens (tertiary/aromatic N) is 1. The number of nitrogens with one attached hydrogen (secondary N) is 2. The van der Waals surface area contributed by atoms with Gasteiger partial charge < -0.3 is 14.8 Å². The maximum absolute atomic E-state index is 13.1. The van der Waals surface area contributed by atoms with E-state index < -0.39 is 0 Å². The minimum atomic E-state index is -0.271. The Hall–Kier alpha value is -2.19. The minimum absolute atomic E-state index is 0.0677. The van der Waals surface area contributed by atoms with Crippen molar-refractivity contribution in [3.05, 3.63) is 45.7 Å². The molecule has 32 heavy (non-hydrogen) atoms. The van der Waals surface area contributed by atoms with Crippen molar-refractivity contribution in [2.45, 2.75) is 69.8 Å². The first-order valence-electron chi connectivity index (χ1n) is 11.5. The van der Waals surface area contributed by atoms with Crippen LogP contribution in [0, 0.1) is 0 Å². The van der Waals surface area contributed by atoms with Gasteiger partial charge in [0, 0.05) is 6.61 Å². The second-order valence-electron chi connectivity index (χ2n) is 9.19. The quantitative estimate of drug-likeness (QED) is 0.589. The Kier molecular flexibility index (Phi) is 7.00. The van der Waals surface area contributed by atoms with Crippen LogP contribution in [-0.2, 0) is 9.53 Å². The SMILES string of the molecule is CCCCCOc1ccc([C@H]2SCC(=O)Nc3c2c(=O)[nH]n3[C@H]2CCOC(C)(C)C2)cc1. The zero-order chi connectivity index (χ0) is 22.7. The van der Waals surface area contributed by atoms with E-state index in [1.54, 1.807) is 0 Å². The first-order chi connectivity index (χ1) is 15.4. The summed E-state index contributed by atoms with van der Waals surface area (Å²) in [5.41, 5.74) is 1.18. The summed E-state index contributed by atoms with van der Waals surface area (Å²) < 4.78 is 13.5. The second kappa shape index (κ2) is 9.75. The highest BCUT2D eigenvalue weighted by Gasteiger charge is 2.36. The maximum Gasteiger partial charge on any atom is 0.270 e. The average molecular weight is 460 g/mol. The summed E-state index contributed by atoms with van der Waals surface area (Å²) in [6, 6.07) is 7.97. The number of aromatic nitrogens is 2. The van der Waals surface area contributed by atoms with E-state index in [0.29, 0.717) is 30.3 Å². The van der Waals surface area contributed by atoms with E-state index in [0.717, 1.165) is 43.4 Å². The minimum Gasteiger partial charge on any atom is -0.494 e. The van der Waals surface area contributed by atoms with Crippen molar-refractivity contribution in [3.63, 3.8) is 0 Å². The summed E-state index contributed by atoms with van der Waals surface area (Å²) >= 11 is 1.48. The highest BCUT2D eigenvalue weighted by atomic mass is 32.2. The molecule has 0 radical (unpaired) electrons. The highest BCUT2D eigenvalue weighted by molar-refractivity contribution is 8.00. The molecule has 3 heterocycles. The van der Waals surface area contributed by atoms with Gasteiger partial charge >= 0.3 is 0 Å². The molecule has 1 aromatic heterocycles. The lowest BCUT2D eigenvalue weighted by Gasteiger charge is -2.36. The summed E-state index contributed by atoms with van der Waals surface area (Å²) in [5.74, 6) is 1.63. The Bertz CT molecular complexity index is 996.